The van der Waals surface area contributed by atoms with Crippen molar-refractivity contribution in [1.82, 2.24) is 0 Å². The van der Waals surface area contributed by atoms with Crippen LogP contribution in [0.3, 0.4) is 0 Å². The number of nitro groups is 1. The molecule has 0 fully saturated rings. The fourth-order valence-corrected chi connectivity index (χ4v) is 2.47. The molecule has 0 aliphatic carbocycles. The lowest BCUT2D eigenvalue weighted by Gasteiger charge is -2.12. The Hall–Kier alpha value is -2.61. The van der Waals surface area contributed by atoms with Crippen LogP contribution in [0.15, 0.2) is 40.9 Å². The number of para-hydroxylation sites is 1. The number of halogens is 1. The second-order valence-corrected chi connectivity index (χ2v) is 5.50. The summed E-state index contributed by atoms with van der Waals surface area (Å²) in [5, 5.41) is 11.0. The molecule has 0 aromatic heterocycles. The maximum atomic E-state index is 12.1. The largest absolute Gasteiger partial charge is 0.493 e. The molecule has 2 aromatic rings. The molecule has 0 N–H and O–H groups in total. The number of esters is 1. The van der Waals surface area contributed by atoms with Crippen molar-refractivity contribution in [2.75, 3.05) is 14.2 Å². The Morgan fingerprint density at radius 3 is 2.42 bits per heavy atom. The number of hydrogen-bond acceptors (Lipinski definition) is 6. The van der Waals surface area contributed by atoms with Gasteiger partial charge in [-0.05, 0) is 18.2 Å². The number of nitrogens with zero attached hydrogens (tertiary/aromatic N) is 1. The van der Waals surface area contributed by atoms with Crippen molar-refractivity contribution in [3.63, 3.8) is 0 Å². The maximum absolute atomic E-state index is 12.1. The van der Waals surface area contributed by atoms with Crippen LogP contribution in [0.5, 0.6) is 11.5 Å². The van der Waals surface area contributed by atoms with E-state index in [1.165, 1.54) is 38.5 Å². The molecule has 0 saturated carbocycles. The van der Waals surface area contributed by atoms with Gasteiger partial charge in [0.2, 0.25) is 0 Å². The number of nitro benzene ring substituents is 1. The minimum atomic E-state index is -0.774. The van der Waals surface area contributed by atoms with Crippen LogP contribution in [-0.2, 0) is 11.3 Å². The zero-order valence-corrected chi connectivity index (χ0v) is 14.5. The van der Waals surface area contributed by atoms with Gasteiger partial charge in [0.05, 0.1) is 19.1 Å². The first kappa shape index (κ1) is 17.7. The van der Waals surface area contributed by atoms with E-state index in [1.807, 2.05) is 0 Å². The lowest BCUT2D eigenvalue weighted by molar-refractivity contribution is -0.385. The Bertz CT molecular complexity index is 777. The minimum Gasteiger partial charge on any atom is -0.493 e. The summed E-state index contributed by atoms with van der Waals surface area (Å²) in [6.45, 7) is -0.0776. The van der Waals surface area contributed by atoms with Gasteiger partial charge >= 0.3 is 5.97 Å². The minimum absolute atomic E-state index is 0.0776. The predicted molar refractivity (Wildman–Crippen MR) is 89.5 cm³/mol. The van der Waals surface area contributed by atoms with Crippen molar-refractivity contribution in [3.8, 4) is 11.5 Å². The van der Waals surface area contributed by atoms with Crippen molar-refractivity contribution in [2.45, 2.75) is 6.61 Å². The highest BCUT2D eigenvalue weighted by Crippen LogP contribution is 2.33. The topological polar surface area (TPSA) is 87.9 Å². The second-order valence-electron chi connectivity index (χ2n) is 4.65. The first-order valence-electron chi connectivity index (χ1n) is 6.79. The van der Waals surface area contributed by atoms with E-state index in [9.17, 15) is 14.9 Å². The molecule has 0 bridgehead atoms. The van der Waals surface area contributed by atoms with Crippen LogP contribution in [0.2, 0.25) is 0 Å². The summed E-state index contributed by atoms with van der Waals surface area (Å²) >= 11 is 3.36. The summed E-state index contributed by atoms with van der Waals surface area (Å²) in [6.07, 6.45) is 0. The molecule has 0 unspecified atom stereocenters. The Morgan fingerprint density at radius 1 is 1.17 bits per heavy atom. The van der Waals surface area contributed by atoms with Crippen LogP contribution >= 0.6 is 15.9 Å². The molecule has 0 spiro atoms. The van der Waals surface area contributed by atoms with Gasteiger partial charge in [-0.3, -0.25) is 10.1 Å². The molecule has 0 aliphatic rings. The molecule has 126 valence electrons. The lowest BCUT2D eigenvalue weighted by Crippen LogP contribution is -2.08. The summed E-state index contributed by atoms with van der Waals surface area (Å²) in [5.41, 5.74) is 0.243. The zero-order chi connectivity index (χ0) is 17.7. The average molecular weight is 396 g/mol. The second kappa shape index (κ2) is 7.78. The number of carbonyl (C=O) groups excluding carboxylic acids is 1. The van der Waals surface area contributed by atoms with Gasteiger partial charge in [0.15, 0.2) is 11.5 Å². The summed E-state index contributed by atoms with van der Waals surface area (Å²) in [7, 11) is 3.01. The Balaban J connectivity index is 2.20. The van der Waals surface area contributed by atoms with Crippen molar-refractivity contribution >= 4 is 27.6 Å². The highest BCUT2D eigenvalue weighted by Gasteiger charge is 2.21. The van der Waals surface area contributed by atoms with Crippen LogP contribution in [0, 0.1) is 10.1 Å². The monoisotopic (exact) mass is 395 g/mol. The highest BCUT2D eigenvalue weighted by molar-refractivity contribution is 9.10. The van der Waals surface area contributed by atoms with Crippen LogP contribution in [0.25, 0.3) is 0 Å². The zero-order valence-electron chi connectivity index (χ0n) is 12.9. The van der Waals surface area contributed by atoms with Crippen LogP contribution < -0.4 is 9.47 Å². The number of rotatable bonds is 6. The quantitative estimate of drug-likeness (QED) is 0.420. The number of ether oxygens (including phenoxy) is 3. The van der Waals surface area contributed by atoms with Crippen molar-refractivity contribution in [3.05, 3.63) is 62.1 Å². The summed E-state index contributed by atoms with van der Waals surface area (Å²) < 4.78 is 16.2. The molecule has 2 aromatic carbocycles. The molecule has 0 amide bonds. The van der Waals surface area contributed by atoms with Crippen molar-refractivity contribution < 1.29 is 23.9 Å². The van der Waals surface area contributed by atoms with E-state index in [1.54, 1.807) is 12.1 Å². The average Bonchev–Trinajstić information content (AvgIpc) is 2.59. The molecule has 0 radical (unpaired) electrons. The van der Waals surface area contributed by atoms with Gasteiger partial charge in [-0.1, -0.05) is 28.1 Å². The van der Waals surface area contributed by atoms with E-state index >= 15 is 0 Å². The predicted octanol–water partition coefficient (Wildman–Crippen LogP) is 3.73. The molecule has 0 heterocycles. The van der Waals surface area contributed by atoms with Crippen molar-refractivity contribution in [2.24, 2.45) is 0 Å². The number of benzene rings is 2. The molecule has 0 saturated heterocycles. The van der Waals surface area contributed by atoms with Crippen LogP contribution in [-0.4, -0.2) is 25.1 Å². The number of hydrogen-bond donors (Lipinski definition) is 0. The fourth-order valence-electron chi connectivity index (χ4n) is 2.03. The molecule has 24 heavy (non-hydrogen) atoms. The molecule has 0 atom stereocenters. The Morgan fingerprint density at radius 2 is 1.79 bits per heavy atom. The van der Waals surface area contributed by atoms with Crippen molar-refractivity contribution in [1.29, 1.82) is 0 Å². The number of methoxy groups -OCH3 is 2. The molecule has 7 nitrogen and oxygen atoms in total. The van der Waals surface area contributed by atoms with E-state index in [0.717, 1.165) is 0 Å². The third-order valence-corrected chi connectivity index (χ3v) is 3.97. The SMILES string of the molecule is COc1cc(Br)c(COC(=O)c2ccccc2[N+](=O)[O-])cc1OC. The molecule has 8 heteroatoms. The van der Waals surface area contributed by atoms with E-state index in [-0.39, 0.29) is 17.9 Å². The van der Waals surface area contributed by atoms with Gasteiger partial charge in [0, 0.05) is 16.1 Å². The van der Waals surface area contributed by atoms with Gasteiger partial charge in [-0.15, -0.1) is 0 Å². The Kier molecular flexibility index (Phi) is 5.75. The number of carbonyl (C=O) groups is 1. The van der Waals surface area contributed by atoms with Gasteiger partial charge in [-0.2, -0.15) is 0 Å². The molecular formula is C16H14BrNO6. The Labute approximate surface area is 146 Å². The van der Waals surface area contributed by atoms with E-state index in [0.29, 0.717) is 21.5 Å². The summed E-state index contributed by atoms with van der Waals surface area (Å²) in [4.78, 5) is 22.5. The third kappa shape index (κ3) is 3.83. The molecular weight excluding hydrogens is 382 g/mol. The lowest BCUT2D eigenvalue weighted by atomic mass is 10.2. The first-order chi connectivity index (χ1) is 11.5. The van der Waals surface area contributed by atoms with E-state index < -0.39 is 10.9 Å². The van der Waals surface area contributed by atoms with Crippen LogP contribution in [0.1, 0.15) is 15.9 Å². The van der Waals surface area contributed by atoms with Crippen LogP contribution in [0.4, 0.5) is 5.69 Å². The van der Waals surface area contributed by atoms with Gasteiger partial charge < -0.3 is 14.2 Å². The molecule has 0 aliphatic heterocycles. The smallest absolute Gasteiger partial charge is 0.345 e. The first-order valence-corrected chi connectivity index (χ1v) is 7.58. The highest BCUT2D eigenvalue weighted by atomic mass is 79.9. The van der Waals surface area contributed by atoms with Gasteiger partial charge in [-0.25, -0.2) is 4.79 Å². The van der Waals surface area contributed by atoms with E-state index in [2.05, 4.69) is 15.9 Å². The van der Waals surface area contributed by atoms with Gasteiger partial charge in [0.1, 0.15) is 12.2 Å². The van der Waals surface area contributed by atoms with Gasteiger partial charge in [0.25, 0.3) is 5.69 Å². The maximum Gasteiger partial charge on any atom is 0.345 e. The summed E-state index contributed by atoms with van der Waals surface area (Å²) in [5.74, 6) is 0.236. The van der Waals surface area contributed by atoms with E-state index in [4.69, 9.17) is 14.2 Å². The fraction of sp³-hybridized carbons (Fsp3) is 0.188. The molecule has 2 rings (SSSR count). The normalized spacial score (nSPS) is 10.1. The standard InChI is InChI=1S/C16H14BrNO6/c1-22-14-7-10(12(17)8-15(14)23-2)9-24-16(19)11-5-3-4-6-13(11)18(20)21/h3-8H,9H2,1-2H3. The summed E-state index contributed by atoms with van der Waals surface area (Å²) in [6, 6.07) is 8.98. The third-order valence-electron chi connectivity index (χ3n) is 3.23.